The fraction of sp³-hybridized carbons (Fsp3) is 0.154. The Balaban J connectivity index is 2.21. The maximum Gasteiger partial charge on any atom is 0.129 e. The molecule has 2 rings (SSSR count). The molecule has 0 aliphatic heterocycles. The summed E-state index contributed by atoms with van der Waals surface area (Å²) >= 11 is 9.02. The van der Waals surface area contributed by atoms with Crippen molar-refractivity contribution in [2.45, 2.75) is 12.5 Å². The summed E-state index contributed by atoms with van der Waals surface area (Å²) in [6, 6.07) is 7.87. The molecule has 0 fully saturated rings. The van der Waals surface area contributed by atoms with Gasteiger partial charge in [-0.1, -0.05) is 27.5 Å². The molecule has 0 saturated heterocycles. The van der Waals surface area contributed by atoms with E-state index in [2.05, 4.69) is 20.9 Å². The van der Waals surface area contributed by atoms with Crippen molar-refractivity contribution in [3.8, 4) is 0 Å². The monoisotopic (exact) mass is 329 g/mol. The normalized spacial score (nSPS) is 12.4. The van der Waals surface area contributed by atoms with E-state index in [1.54, 1.807) is 24.3 Å². The second kappa shape index (κ2) is 5.78. The number of hydrogen-bond donors (Lipinski definition) is 1. The summed E-state index contributed by atoms with van der Waals surface area (Å²) in [5, 5.41) is 10.4. The predicted octanol–water partition coefficient (Wildman–Crippen LogP) is 3.91. The lowest BCUT2D eigenvalue weighted by molar-refractivity contribution is 0.177. The van der Waals surface area contributed by atoms with Crippen LogP contribution in [0.15, 0.2) is 41.0 Å². The molecule has 0 spiro atoms. The van der Waals surface area contributed by atoms with E-state index in [0.29, 0.717) is 16.3 Å². The molecule has 0 radical (unpaired) electrons. The van der Waals surface area contributed by atoms with Crippen LogP contribution in [-0.2, 0) is 6.42 Å². The van der Waals surface area contributed by atoms with Gasteiger partial charge in [-0.3, -0.25) is 0 Å². The summed E-state index contributed by atoms with van der Waals surface area (Å²) in [6.45, 7) is 0. The van der Waals surface area contributed by atoms with Crippen molar-refractivity contribution in [1.82, 2.24) is 4.98 Å². The average Bonchev–Trinajstić information content (AvgIpc) is 2.34. The minimum Gasteiger partial charge on any atom is -0.388 e. The molecular formula is C13H10BrClFNO. The molecule has 0 saturated carbocycles. The number of pyridine rings is 1. The summed E-state index contributed by atoms with van der Waals surface area (Å²) in [5.41, 5.74) is 1.07. The highest BCUT2D eigenvalue weighted by Gasteiger charge is 2.12. The number of nitrogens with zero attached hydrogens (tertiary/aromatic N) is 1. The highest BCUT2D eigenvalue weighted by Crippen LogP contribution is 2.23. The third-order valence-corrected chi connectivity index (χ3v) is 3.26. The van der Waals surface area contributed by atoms with Gasteiger partial charge in [0.1, 0.15) is 11.0 Å². The van der Waals surface area contributed by atoms with E-state index < -0.39 is 6.10 Å². The smallest absolute Gasteiger partial charge is 0.129 e. The third-order valence-electron chi connectivity index (χ3n) is 2.56. The number of halogens is 3. The first-order valence-corrected chi connectivity index (χ1v) is 6.47. The molecule has 1 atom stereocenters. The predicted molar refractivity (Wildman–Crippen MR) is 72.0 cm³/mol. The van der Waals surface area contributed by atoms with Crippen LogP contribution < -0.4 is 0 Å². The second-order valence-corrected chi connectivity index (χ2v) is 5.17. The lowest BCUT2D eigenvalue weighted by Crippen LogP contribution is -2.04. The van der Waals surface area contributed by atoms with Crippen LogP contribution in [0.2, 0.25) is 5.15 Å². The van der Waals surface area contributed by atoms with E-state index >= 15 is 0 Å². The van der Waals surface area contributed by atoms with Gasteiger partial charge in [-0.2, -0.15) is 0 Å². The Morgan fingerprint density at radius 2 is 2.11 bits per heavy atom. The van der Waals surface area contributed by atoms with Crippen LogP contribution in [0, 0.1) is 5.82 Å². The van der Waals surface area contributed by atoms with Gasteiger partial charge in [-0.25, -0.2) is 9.37 Å². The Hall–Kier alpha value is -0.970. The van der Waals surface area contributed by atoms with Gasteiger partial charge < -0.3 is 5.11 Å². The summed E-state index contributed by atoms with van der Waals surface area (Å²) in [5.74, 6) is -0.336. The number of benzene rings is 1. The van der Waals surface area contributed by atoms with Gasteiger partial charge >= 0.3 is 0 Å². The number of aliphatic hydroxyl groups excluding tert-OH is 1. The van der Waals surface area contributed by atoms with Crippen LogP contribution in [0.1, 0.15) is 17.2 Å². The Kier molecular flexibility index (Phi) is 4.32. The SMILES string of the molecule is OC(Cc1cc(Br)ccc1F)c1ccnc(Cl)c1. The molecule has 94 valence electrons. The molecule has 1 aromatic heterocycles. The maximum absolute atomic E-state index is 13.6. The van der Waals surface area contributed by atoms with E-state index in [0.717, 1.165) is 4.47 Å². The molecule has 1 N–H and O–H groups in total. The molecule has 0 bridgehead atoms. The fourth-order valence-electron chi connectivity index (χ4n) is 1.65. The van der Waals surface area contributed by atoms with Gasteiger partial charge in [0, 0.05) is 17.1 Å². The number of rotatable bonds is 3. The van der Waals surface area contributed by atoms with Crippen molar-refractivity contribution in [3.63, 3.8) is 0 Å². The van der Waals surface area contributed by atoms with E-state index in [4.69, 9.17) is 11.6 Å². The van der Waals surface area contributed by atoms with Gasteiger partial charge in [0.2, 0.25) is 0 Å². The molecule has 0 aliphatic rings. The summed E-state index contributed by atoms with van der Waals surface area (Å²) in [7, 11) is 0. The van der Waals surface area contributed by atoms with E-state index in [1.807, 2.05) is 0 Å². The molecule has 18 heavy (non-hydrogen) atoms. The first-order valence-electron chi connectivity index (χ1n) is 5.29. The van der Waals surface area contributed by atoms with Crippen LogP contribution >= 0.6 is 27.5 Å². The molecule has 2 nitrogen and oxygen atoms in total. The van der Waals surface area contributed by atoms with Crippen molar-refractivity contribution in [1.29, 1.82) is 0 Å². The molecular weight excluding hydrogens is 321 g/mol. The Labute approximate surface area is 118 Å². The van der Waals surface area contributed by atoms with Crippen LogP contribution in [0.25, 0.3) is 0 Å². The Morgan fingerprint density at radius 1 is 1.33 bits per heavy atom. The molecule has 2 aromatic rings. The topological polar surface area (TPSA) is 33.1 Å². The van der Waals surface area contributed by atoms with Gasteiger partial charge in [0.25, 0.3) is 0 Å². The fourth-order valence-corrected chi connectivity index (χ4v) is 2.24. The van der Waals surface area contributed by atoms with Crippen molar-refractivity contribution >= 4 is 27.5 Å². The van der Waals surface area contributed by atoms with Crippen LogP contribution in [-0.4, -0.2) is 10.1 Å². The number of aromatic nitrogens is 1. The summed E-state index contributed by atoms with van der Waals surface area (Å²) in [4.78, 5) is 3.83. The van der Waals surface area contributed by atoms with Crippen molar-refractivity contribution in [2.24, 2.45) is 0 Å². The lowest BCUT2D eigenvalue weighted by atomic mass is 10.0. The molecule has 1 unspecified atom stereocenters. The average molecular weight is 331 g/mol. The first-order chi connectivity index (χ1) is 8.56. The minimum absolute atomic E-state index is 0.186. The zero-order valence-electron chi connectivity index (χ0n) is 9.28. The zero-order chi connectivity index (χ0) is 13.1. The second-order valence-electron chi connectivity index (χ2n) is 3.87. The van der Waals surface area contributed by atoms with Crippen LogP contribution in [0.5, 0.6) is 0 Å². The molecule has 0 aliphatic carbocycles. The molecule has 1 aromatic carbocycles. The Morgan fingerprint density at radius 3 is 2.83 bits per heavy atom. The molecule has 1 heterocycles. The number of hydrogen-bond acceptors (Lipinski definition) is 2. The van der Waals surface area contributed by atoms with Gasteiger partial charge in [0.15, 0.2) is 0 Å². The van der Waals surface area contributed by atoms with Crippen molar-refractivity contribution in [3.05, 3.63) is 63.1 Å². The summed E-state index contributed by atoms with van der Waals surface area (Å²) < 4.78 is 14.3. The van der Waals surface area contributed by atoms with Crippen molar-refractivity contribution in [2.75, 3.05) is 0 Å². The zero-order valence-corrected chi connectivity index (χ0v) is 11.6. The van der Waals surface area contributed by atoms with Gasteiger partial charge in [0.05, 0.1) is 6.10 Å². The van der Waals surface area contributed by atoms with Crippen LogP contribution in [0.3, 0.4) is 0 Å². The Bertz CT molecular complexity index is 564. The standard InChI is InChI=1S/C13H10BrClFNO/c14-10-1-2-11(16)9(5-10)6-12(18)8-3-4-17-13(15)7-8/h1-5,7,12,18H,6H2. The van der Waals surface area contributed by atoms with E-state index in [-0.39, 0.29) is 12.2 Å². The minimum atomic E-state index is -0.811. The third kappa shape index (κ3) is 3.28. The quantitative estimate of drug-likeness (QED) is 0.866. The molecule has 0 amide bonds. The van der Waals surface area contributed by atoms with E-state index in [1.165, 1.54) is 12.3 Å². The summed E-state index contributed by atoms with van der Waals surface area (Å²) in [6.07, 6.45) is 0.887. The molecule has 5 heteroatoms. The lowest BCUT2D eigenvalue weighted by Gasteiger charge is -2.12. The number of aliphatic hydroxyl groups is 1. The first kappa shape index (κ1) is 13.5. The van der Waals surface area contributed by atoms with E-state index in [9.17, 15) is 9.50 Å². The van der Waals surface area contributed by atoms with Gasteiger partial charge in [-0.05, 0) is 41.5 Å². The highest BCUT2D eigenvalue weighted by molar-refractivity contribution is 9.10. The van der Waals surface area contributed by atoms with Gasteiger partial charge in [-0.15, -0.1) is 0 Å². The van der Waals surface area contributed by atoms with Crippen LogP contribution in [0.4, 0.5) is 4.39 Å². The largest absolute Gasteiger partial charge is 0.388 e. The van der Waals surface area contributed by atoms with Crippen molar-refractivity contribution < 1.29 is 9.50 Å². The highest BCUT2D eigenvalue weighted by atomic mass is 79.9. The maximum atomic E-state index is 13.6.